The molecule has 1 amide bonds. The molecule has 0 aliphatic carbocycles. The minimum atomic E-state index is -0.960. The summed E-state index contributed by atoms with van der Waals surface area (Å²) in [5.74, 6) is -0.380. The van der Waals surface area contributed by atoms with Crippen molar-refractivity contribution in [3.05, 3.63) is 23.8 Å². The van der Waals surface area contributed by atoms with E-state index in [2.05, 4.69) is 14.9 Å². The Morgan fingerprint density at radius 3 is 3.18 bits per heavy atom. The molecule has 0 radical (unpaired) electrons. The molecule has 86 valence electrons. The first-order valence-corrected chi connectivity index (χ1v) is 5.48. The van der Waals surface area contributed by atoms with E-state index in [-0.39, 0.29) is 5.91 Å². The van der Waals surface area contributed by atoms with Gasteiger partial charge in [0, 0.05) is 7.11 Å². The van der Waals surface area contributed by atoms with Crippen molar-refractivity contribution in [2.24, 2.45) is 0 Å². The summed E-state index contributed by atoms with van der Waals surface area (Å²) in [5.41, 5.74) is 1.10. The molecule has 1 aromatic heterocycles. The molecule has 2 aromatic rings. The SMILES string of the molecule is COC(C#N)NC(=O)c1cccc2nnsc12. The maximum absolute atomic E-state index is 11.9. The molecular formula is C10H8N4O2S. The highest BCUT2D eigenvalue weighted by Crippen LogP contribution is 2.20. The lowest BCUT2D eigenvalue weighted by Gasteiger charge is -2.09. The van der Waals surface area contributed by atoms with E-state index < -0.39 is 6.23 Å². The van der Waals surface area contributed by atoms with Crippen LogP contribution < -0.4 is 5.32 Å². The summed E-state index contributed by atoms with van der Waals surface area (Å²) in [6.45, 7) is 0. The molecule has 0 saturated carbocycles. The Bertz CT molecular complexity index is 589. The fraction of sp³-hybridized carbons (Fsp3) is 0.200. The Labute approximate surface area is 101 Å². The highest BCUT2D eigenvalue weighted by atomic mass is 32.1. The third kappa shape index (κ3) is 2.22. The van der Waals surface area contributed by atoms with Gasteiger partial charge in [-0.1, -0.05) is 10.6 Å². The van der Waals surface area contributed by atoms with Gasteiger partial charge in [0.25, 0.3) is 5.91 Å². The van der Waals surface area contributed by atoms with Gasteiger partial charge in [0.15, 0.2) is 0 Å². The number of fused-ring (bicyclic) bond motifs is 1. The molecule has 0 aliphatic heterocycles. The van der Waals surface area contributed by atoms with Crippen LogP contribution in [0.15, 0.2) is 18.2 Å². The monoisotopic (exact) mass is 248 g/mol. The first-order valence-electron chi connectivity index (χ1n) is 4.70. The maximum atomic E-state index is 11.9. The number of ether oxygens (including phenoxy) is 1. The second-order valence-electron chi connectivity index (χ2n) is 3.15. The van der Waals surface area contributed by atoms with Gasteiger partial charge < -0.3 is 10.1 Å². The van der Waals surface area contributed by atoms with E-state index >= 15 is 0 Å². The van der Waals surface area contributed by atoms with Gasteiger partial charge in [-0.25, -0.2) is 0 Å². The van der Waals surface area contributed by atoms with E-state index in [1.165, 1.54) is 7.11 Å². The molecule has 1 atom stereocenters. The van der Waals surface area contributed by atoms with Gasteiger partial charge in [0.1, 0.15) is 11.6 Å². The van der Waals surface area contributed by atoms with Gasteiger partial charge in [0.05, 0.1) is 10.3 Å². The fourth-order valence-electron chi connectivity index (χ4n) is 1.32. The lowest BCUT2D eigenvalue weighted by molar-refractivity contribution is 0.0765. The normalized spacial score (nSPS) is 12.0. The van der Waals surface area contributed by atoms with Crippen LogP contribution in [0, 0.1) is 11.3 Å². The minimum absolute atomic E-state index is 0.380. The smallest absolute Gasteiger partial charge is 0.255 e. The van der Waals surface area contributed by atoms with Crippen LogP contribution in [0.4, 0.5) is 0 Å². The van der Waals surface area contributed by atoms with Crippen LogP contribution in [0.5, 0.6) is 0 Å². The number of aromatic nitrogens is 2. The molecular weight excluding hydrogens is 240 g/mol. The van der Waals surface area contributed by atoms with Crippen LogP contribution in [0.1, 0.15) is 10.4 Å². The third-order valence-electron chi connectivity index (χ3n) is 2.13. The second-order valence-corrected chi connectivity index (χ2v) is 3.90. The number of rotatable bonds is 3. The molecule has 0 fully saturated rings. The molecule has 7 heteroatoms. The summed E-state index contributed by atoms with van der Waals surface area (Å²) in [6.07, 6.45) is -0.960. The number of hydrogen-bond donors (Lipinski definition) is 1. The summed E-state index contributed by atoms with van der Waals surface area (Å²) in [4.78, 5) is 11.9. The number of benzene rings is 1. The number of nitrogens with one attached hydrogen (secondary N) is 1. The Morgan fingerprint density at radius 1 is 1.65 bits per heavy atom. The summed E-state index contributed by atoms with van der Waals surface area (Å²) in [5, 5.41) is 15.0. The van der Waals surface area contributed by atoms with Crippen molar-refractivity contribution in [3.8, 4) is 6.07 Å². The van der Waals surface area contributed by atoms with Crippen molar-refractivity contribution in [2.75, 3.05) is 7.11 Å². The quantitative estimate of drug-likeness (QED) is 0.816. The topological polar surface area (TPSA) is 87.9 Å². The lowest BCUT2D eigenvalue weighted by atomic mass is 10.2. The number of nitrogens with zero attached hydrogens (tertiary/aromatic N) is 3. The largest absolute Gasteiger partial charge is 0.349 e. The molecule has 0 bridgehead atoms. The first-order chi connectivity index (χ1) is 8.26. The van der Waals surface area contributed by atoms with Crippen molar-refractivity contribution >= 4 is 27.7 Å². The summed E-state index contributed by atoms with van der Waals surface area (Å²) >= 11 is 1.14. The van der Waals surface area contributed by atoms with Gasteiger partial charge in [-0.2, -0.15) is 5.26 Å². The van der Waals surface area contributed by atoms with Gasteiger partial charge in [0.2, 0.25) is 6.23 Å². The predicted octanol–water partition coefficient (Wildman–Crippen LogP) is 0.917. The van der Waals surface area contributed by atoms with Crippen LogP contribution >= 0.6 is 11.5 Å². The Hall–Kier alpha value is -2.04. The average Bonchev–Trinajstić information content (AvgIpc) is 2.83. The predicted molar refractivity (Wildman–Crippen MR) is 61.3 cm³/mol. The number of carbonyl (C=O) groups excluding carboxylic acids is 1. The second kappa shape index (κ2) is 4.86. The van der Waals surface area contributed by atoms with E-state index in [0.717, 1.165) is 11.5 Å². The van der Waals surface area contributed by atoms with Crippen LogP contribution in [-0.2, 0) is 4.74 Å². The molecule has 6 nitrogen and oxygen atoms in total. The summed E-state index contributed by atoms with van der Waals surface area (Å²) in [6, 6.07) is 6.95. The van der Waals surface area contributed by atoms with Crippen LogP contribution in [0.3, 0.4) is 0 Å². The average molecular weight is 248 g/mol. The molecule has 1 heterocycles. The Balaban J connectivity index is 2.31. The third-order valence-corrected chi connectivity index (χ3v) is 2.91. The standard InChI is InChI=1S/C10H8N4O2S/c1-16-8(5-11)12-10(15)6-3-2-4-7-9(6)17-14-13-7/h2-4,8H,1H3,(H,12,15). The number of nitriles is 1. The summed E-state index contributed by atoms with van der Waals surface area (Å²) in [7, 11) is 1.35. The maximum Gasteiger partial charge on any atom is 0.255 e. The Kier molecular flexibility index (Phi) is 3.27. The molecule has 0 spiro atoms. The van der Waals surface area contributed by atoms with E-state index in [1.807, 2.05) is 6.07 Å². The minimum Gasteiger partial charge on any atom is -0.349 e. The zero-order valence-electron chi connectivity index (χ0n) is 8.88. The molecule has 2 rings (SSSR count). The number of carbonyl (C=O) groups is 1. The first kappa shape index (κ1) is 11.4. The molecule has 1 unspecified atom stereocenters. The van der Waals surface area contributed by atoms with Crippen LogP contribution in [0.2, 0.25) is 0 Å². The zero-order valence-corrected chi connectivity index (χ0v) is 9.69. The lowest BCUT2D eigenvalue weighted by Crippen LogP contribution is -2.34. The number of amides is 1. The molecule has 0 saturated heterocycles. The number of methoxy groups -OCH3 is 1. The summed E-state index contributed by atoms with van der Waals surface area (Å²) < 4.78 is 9.24. The van der Waals surface area contributed by atoms with Crippen LogP contribution in [0.25, 0.3) is 10.2 Å². The van der Waals surface area contributed by atoms with Crippen molar-refractivity contribution in [1.29, 1.82) is 5.26 Å². The van der Waals surface area contributed by atoms with Crippen LogP contribution in [-0.4, -0.2) is 28.8 Å². The van der Waals surface area contributed by atoms with E-state index in [9.17, 15) is 4.79 Å². The molecule has 1 N–H and O–H groups in total. The van der Waals surface area contributed by atoms with Crippen molar-refractivity contribution in [3.63, 3.8) is 0 Å². The molecule has 17 heavy (non-hydrogen) atoms. The van der Waals surface area contributed by atoms with Crippen molar-refractivity contribution < 1.29 is 9.53 Å². The van der Waals surface area contributed by atoms with E-state index in [0.29, 0.717) is 15.8 Å². The molecule has 1 aromatic carbocycles. The zero-order chi connectivity index (χ0) is 12.3. The Morgan fingerprint density at radius 2 is 2.47 bits per heavy atom. The van der Waals surface area contributed by atoms with Crippen molar-refractivity contribution in [1.82, 2.24) is 14.9 Å². The fourth-order valence-corrected chi connectivity index (χ4v) is 2.00. The van der Waals surface area contributed by atoms with Crippen molar-refractivity contribution in [2.45, 2.75) is 6.23 Å². The number of hydrogen-bond acceptors (Lipinski definition) is 6. The highest BCUT2D eigenvalue weighted by Gasteiger charge is 2.15. The van der Waals surface area contributed by atoms with Gasteiger partial charge in [-0.05, 0) is 23.7 Å². The molecule has 0 aliphatic rings. The van der Waals surface area contributed by atoms with Gasteiger partial charge >= 0.3 is 0 Å². The van der Waals surface area contributed by atoms with E-state index in [4.69, 9.17) is 10.00 Å². The van der Waals surface area contributed by atoms with E-state index in [1.54, 1.807) is 18.2 Å². The highest BCUT2D eigenvalue weighted by molar-refractivity contribution is 7.13. The van der Waals surface area contributed by atoms with Gasteiger partial charge in [-0.15, -0.1) is 5.10 Å². The van der Waals surface area contributed by atoms with Gasteiger partial charge in [-0.3, -0.25) is 4.79 Å².